The molecule has 2 atom stereocenters. The summed E-state index contributed by atoms with van der Waals surface area (Å²) in [6.45, 7) is 7.40. The molecule has 0 rings (SSSR count). The van der Waals surface area contributed by atoms with E-state index in [1.54, 1.807) is 0 Å². The summed E-state index contributed by atoms with van der Waals surface area (Å²) in [4.78, 5) is 13.0. The van der Waals surface area contributed by atoms with Gasteiger partial charge in [-0.1, -0.05) is 13.5 Å². The summed E-state index contributed by atoms with van der Waals surface area (Å²) in [6.07, 6.45) is 1.96. The van der Waals surface area contributed by atoms with Gasteiger partial charge in [-0.15, -0.1) is 0 Å². The van der Waals surface area contributed by atoms with E-state index < -0.39 is 0 Å². The van der Waals surface area contributed by atoms with Crippen molar-refractivity contribution in [1.82, 2.24) is 4.90 Å². The second kappa shape index (κ2) is 5.75. The molecular formula is C10H19NO2. The van der Waals surface area contributed by atoms with Crippen molar-refractivity contribution < 1.29 is 9.53 Å². The van der Waals surface area contributed by atoms with E-state index in [9.17, 15) is 4.79 Å². The van der Waals surface area contributed by atoms with Crippen LogP contribution in [0.2, 0.25) is 0 Å². The Hall–Kier alpha value is -0.830. The third-order valence-corrected chi connectivity index (χ3v) is 2.19. The predicted molar refractivity (Wildman–Crippen MR) is 53.5 cm³/mol. The molecule has 0 aromatic heterocycles. The van der Waals surface area contributed by atoms with Crippen molar-refractivity contribution in [3.8, 4) is 0 Å². The van der Waals surface area contributed by atoms with Crippen molar-refractivity contribution in [1.29, 1.82) is 0 Å². The molecule has 0 bridgehead atoms. The highest BCUT2D eigenvalue weighted by Crippen LogP contribution is 2.08. The highest BCUT2D eigenvalue weighted by Gasteiger charge is 2.19. The summed E-state index contributed by atoms with van der Waals surface area (Å²) in [5.41, 5.74) is 0. The molecule has 3 heteroatoms. The van der Waals surface area contributed by atoms with Gasteiger partial charge >= 0.3 is 5.97 Å². The molecule has 0 spiro atoms. The van der Waals surface area contributed by atoms with Gasteiger partial charge in [-0.25, -0.2) is 4.79 Å². The maximum atomic E-state index is 10.9. The molecule has 3 nitrogen and oxygen atoms in total. The maximum Gasteiger partial charge on any atom is 0.330 e. The lowest BCUT2D eigenvalue weighted by atomic mass is 10.1. The fourth-order valence-electron chi connectivity index (χ4n) is 1.05. The zero-order valence-electron chi connectivity index (χ0n) is 8.91. The average Bonchev–Trinajstić information content (AvgIpc) is 2.12. The van der Waals surface area contributed by atoms with Crippen LogP contribution >= 0.6 is 0 Å². The summed E-state index contributed by atoms with van der Waals surface area (Å²) in [7, 11) is 3.93. The molecule has 0 fully saturated rings. The van der Waals surface area contributed by atoms with Crippen LogP contribution in [-0.4, -0.2) is 37.1 Å². The van der Waals surface area contributed by atoms with Crippen molar-refractivity contribution in [3.05, 3.63) is 12.7 Å². The van der Waals surface area contributed by atoms with Crippen LogP contribution in [0.4, 0.5) is 0 Å². The Morgan fingerprint density at radius 2 is 2.15 bits per heavy atom. The van der Waals surface area contributed by atoms with Crippen LogP contribution in [0, 0.1) is 0 Å². The van der Waals surface area contributed by atoms with Crippen molar-refractivity contribution >= 4 is 5.97 Å². The Kier molecular flexibility index (Phi) is 5.39. The van der Waals surface area contributed by atoms with Crippen LogP contribution in [-0.2, 0) is 9.53 Å². The Balaban J connectivity index is 4.16. The number of hydrogen-bond acceptors (Lipinski definition) is 3. The van der Waals surface area contributed by atoms with Gasteiger partial charge in [0.1, 0.15) is 6.10 Å². The molecule has 13 heavy (non-hydrogen) atoms. The number of rotatable bonds is 5. The summed E-state index contributed by atoms with van der Waals surface area (Å²) in [6, 6.07) is 0.230. The van der Waals surface area contributed by atoms with Gasteiger partial charge in [0.25, 0.3) is 0 Å². The monoisotopic (exact) mass is 185 g/mol. The standard InChI is InChI=1S/C10H19NO2/c1-6-9(8(3)11(4)5)13-10(12)7-2/h7-9H,2,6H2,1,3-5H3. The quantitative estimate of drug-likeness (QED) is 0.479. The minimum atomic E-state index is -0.347. The van der Waals surface area contributed by atoms with E-state index in [1.807, 2.05) is 32.8 Å². The fourth-order valence-corrected chi connectivity index (χ4v) is 1.05. The Bertz CT molecular complexity index is 178. The molecule has 0 aliphatic carbocycles. The molecule has 0 aliphatic heterocycles. The maximum absolute atomic E-state index is 10.9. The lowest BCUT2D eigenvalue weighted by Crippen LogP contribution is -2.38. The van der Waals surface area contributed by atoms with Gasteiger partial charge in [-0.2, -0.15) is 0 Å². The first-order chi connectivity index (χ1) is 6.02. The van der Waals surface area contributed by atoms with Crippen LogP contribution < -0.4 is 0 Å². The number of esters is 1. The van der Waals surface area contributed by atoms with Gasteiger partial charge in [-0.05, 0) is 27.4 Å². The second-order valence-corrected chi connectivity index (χ2v) is 3.29. The minimum absolute atomic E-state index is 0.0551. The molecule has 0 N–H and O–H groups in total. The van der Waals surface area contributed by atoms with Crippen LogP contribution in [0.5, 0.6) is 0 Å². The Morgan fingerprint density at radius 1 is 1.62 bits per heavy atom. The van der Waals surface area contributed by atoms with Crippen molar-refractivity contribution in [2.45, 2.75) is 32.4 Å². The van der Waals surface area contributed by atoms with Crippen LogP contribution in [0.15, 0.2) is 12.7 Å². The first kappa shape index (κ1) is 12.2. The number of hydrogen-bond donors (Lipinski definition) is 0. The van der Waals surface area contributed by atoms with Gasteiger partial charge in [0.05, 0.1) is 0 Å². The first-order valence-electron chi connectivity index (χ1n) is 4.52. The molecule has 0 saturated carbocycles. The molecule has 0 aromatic rings. The molecule has 0 saturated heterocycles. The number of carbonyl (C=O) groups excluding carboxylic acids is 1. The molecule has 0 heterocycles. The second-order valence-electron chi connectivity index (χ2n) is 3.29. The van der Waals surface area contributed by atoms with Crippen LogP contribution in [0.25, 0.3) is 0 Å². The van der Waals surface area contributed by atoms with E-state index in [2.05, 4.69) is 6.58 Å². The van der Waals surface area contributed by atoms with E-state index >= 15 is 0 Å². The van der Waals surface area contributed by atoms with Gasteiger partial charge in [0.15, 0.2) is 0 Å². The van der Waals surface area contributed by atoms with Crippen LogP contribution in [0.1, 0.15) is 20.3 Å². The molecule has 2 unspecified atom stereocenters. The number of nitrogens with zero attached hydrogens (tertiary/aromatic N) is 1. The van der Waals surface area contributed by atoms with Crippen molar-refractivity contribution in [2.24, 2.45) is 0 Å². The van der Waals surface area contributed by atoms with E-state index in [0.717, 1.165) is 6.42 Å². The van der Waals surface area contributed by atoms with Crippen LogP contribution in [0.3, 0.4) is 0 Å². The summed E-state index contributed by atoms with van der Waals surface area (Å²) < 4.78 is 5.17. The third kappa shape index (κ3) is 4.08. The van der Waals surface area contributed by atoms with Gasteiger partial charge in [0.2, 0.25) is 0 Å². The van der Waals surface area contributed by atoms with Crippen molar-refractivity contribution in [2.75, 3.05) is 14.1 Å². The average molecular weight is 185 g/mol. The third-order valence-electron chi connectivity index (χ3n) is 2.19. The fraction of sp³-hybridized carbons (Fsp3) is 0.700. The smallest absolute Gasteiger partial charge is 0.330 e. The normalized spacial score (nSPS) is 15.2. The zero-order valence-corrected chi connectivity index (χ0v) is 8.91. The van der Waals surface area contributed by atoms with Gasteiger partial charge < -0.3 is 9.64 Å². The number of carbonyl (C=O) groups is 1. The van der Waals surface area contributed by atoms with Gasteiger partial charge in [0, 0.05) is 12.1 Å². The number of ether oxygens (including phenoxy) is 1. The van der Waals surface area contributed by atoms with Crippen molar-refractivity contribution in [3.63, 3.8) is 0 Å². The Morgan fingerprint density at radius 3 is 2.46 bits per heavy atom. The molecule has 0 radical (unpaired) electrons. The lowest BCUT2D eigenvalue weighted by Gasteiger charge is -2.27. The van der Waals surface area contributed by atoms with E-state index in [1.165, 1.54) is 6.08 Å². The highest BCUT2D eigenvalue weighted by atomic mass is 16.5. The molecule has 0 aliphatic rings. The first-order valence-corrected chi connectivity index (χ1v) is 4.52. The van der Waals surface area contributed by atoms with E-state index in [-0.39, 0.29) is 18.1 Å². The molecule has 0 amide bonds. The topological polar surface area (TPSA) is 29.5 Å². The molecule has 0 aromatic carbocycles. The molecular weight excluding hydrogens is 166 g/mol. The summed E-state index contributed by atoms with van der Waals surface area (Å²) >= 11 is 0. The zero-order chi connectivity index (χ0) is 10.4. The highest BCUT2D eigenvalue weighted by molar-refractivity contribution is 5.81. The molecule has 76 valence electrons. The number of likely N-dealkylation sites (N-methyl/N-ethyl adjacent to an activating group) is 1. The predicted octanol–water partition coefficient (Wildman–Crippen LogP) is 1.44. The van der Waals surface area contributed by atoms with E-state index in [0.29, 0.717) is 0 Å². The summed E-state index contributed by atoms with van der Waals surface area (Å²) in [5.74, 6) is -0.347. The summed E-state index contributed by atoms with van der Waals surface area (Å²) in [5, 5.41) is 0. The van der Waals surface area contributed by atoms with Gasteiger partial charge in [-0.3, -0.25) is 0 Å². The largest absolute Gasteiger partial charge is 0.458 e. The van der Waals surface area contributed by atoms with E-state index in [4.69, 9.17) is 4.74 Å². The minimum Gasteiger partial charge on any atom is -0.458 e. The SMILES string of the molecule is C=CC(=O)OC(CC)C(C)N(C)C. The Labute approximate surface area is 80.4 Å². The lowest BCUT2D eigenvalue weighted by molar-refractivity contribution is -0.145.